The van der Waals surface area contributed by atoms with E-state index in [1.807, 2.05) is 0 Å². The molecule has 1 aromatic carbocycles. The van der Waals surface area contributed by atoms with Crippen LogP contribution in [0.2, 0.25) is 0 Å². The van der Waals surface area contributed by atoms with Crippen LogP contribution in [0.1, 0.15) is 82.4 Å². The first-order valence-electron chi connectivity index (χ1n) is 9.62. The molecule has 1 nitrogen and oxygen atoms in total. The van der Waals surface area contributed by atoms with Crippen molar-refractivity contribution < 1.29 is 5.11 Å². The Kier molecular flexibility index (Phi) is 3.47. The molecule has 0 unspecified atom stereocenters. The van der Waals surface area contributed by atoms with E-state index in [-0.39, 0.29) is 16.9 Å². The third-order valence-corrected chi connectivity index (χ3v) is 7.54. The molecule has 0 heterocycles. The molecule has 23 heavy (non-hydrogen) atoms. The van der Waals surface area contributed by atoms with E-state index < -0.39 is 0 Å². The van der Waals surface area contributed by atoms with E-state index in [1.165, 1.54) is 37.7 Å². The molecule has 2 fully saturated rings. The minimum atomic E-state index is -0.0573. The molecule has 0 spiro atoms. The Balaban J connectivity index is 1.68. The summed E-state index contributed by atoms with van der Waals surface area (Å²) in [5.74, 6) is 2.29. The lowest BCUT2D eigenvalue weighted by Crippen LogP contribution is -2.43. The molecule has 1 aromatic rings. The standard InChI is InChI=1S/C22H32O/c1-21(2,3)15-6-8-16-14(13-15)5-7-18-17(16)11-12-22(4)19(18)9-10-20(22)23/h6,8,13,17-20,23H,5,7,9-12H2,1-4H3/t17-,18-,19+,20+,22+/m1/s1. The summed E-state index contributed by atoms with van der Waals surface area (Å²) in [5, 5.41) is 10.5. The lowest BCUT2D eigenvalue weighted by Gasteiger charge is -2.50. The molecule has 3 aliphatic carbocycles. The quantitative estimate of drug-likeness (QED) is 0.698. The van der Waals surface area contributed by atoms with E-state index in [1.54, 1.807) is 11.1 Å². The number of aliphatic hydroxyl groups is 1. The molecule has 5 atom stereocenters. The van der Waals surface area contributed by atoms with Gasteiger partial charge in [-0.05, 0) is 83.8 Å². The van der Waals surface area contributed by atoms with Crippen LogP contribution in [0.5, 0.6) is 0 Å². The highest BCUT2D eigenvalue weighted by Gasteiger charge is 2.54. The fourth-order valence-electron chi connectivity index (χ4n) is 6.02. The minimum Gasteiger partial charge on any atom is -0.393 e. The van der Waals surface area contributed by atoms with Gasteiger partial charge in [-0.3, -0.25) is 0 Å². The summed E-state index contributed by atoms with van der Waals surface area (Å²) in [4.78, 5) is 0. The molecule has 0 bridgehead atoms. The third kappa shape index (κ3) is 2.30. The molecule has 2 saturated carbocycles. The number of rotatable bonds is 0. The van der Waals surface area contributed by atoms with Gasteiger partial charge in [0.25, 0.3) is 0 Å². The van der Waals surface area contributed by atoms with Crippen molar-refractivity contribution in [1.82, 2.24) is 0 Å². The molecule has 4 rings (SSSR count). The van der Waals surface area contributed by atoms with Crippen LogP contribution < -0.4 is 0 Å². The topological polar surface area (TPSA) is 20.2 Å². The molecule has 0 amide bonds. The molecule has 1 heteroatoms. The molecule has 0 radical (unpaired) electrons. The van der Waals surface area contributed by atoms with Gasteiger partial charge < -0.3 is 5.11 Å². The molecule has 126 valence electrons. The van der Waals surface area contributed by atoms with Crippen LogP contribution >= 0.6 is 0 Å². The Morgan fingerprint density at radius 3 is 2.61 bits per heavy atom. The third-order valence-electron chi connectivity index (χ3n) is 7.54. The van der Waals surface area contributed by atoms with Crippen molar-refractivity contribution in [2.24, 2.45) is 17.3 Å². The van der Waals surface area contributed by atoms with Crippen LogP contribution in [0, 0.1) is 17.3 Å². The Hall–Kier alpha value is -0.820. The fourth-order valence-corrected chi connectivity index (χ4v) is 6.02. The summed E-state index contributed by atoms with van der Waals surface area (Å²) in [6, 6.07) is 7.31. The van der Waals surface area contributed by atoms with Crippen molar-refractivity contribution >= 4 is 0 Å². The SMILES string of the molecule is CC(C)(C)c1ccc2c(c1)CC[C@@H]1[C@@H]2CC[C@]2(C)[C@@H](O)CC[C@@H]12. The first kappa shape index (κ1) is 15.7. The van der Waals surface area contributed by atoms with Crippen molar-refractivity contribution in [3.63, 3.8) is 0 Å². The highest BCUT2D eigenvalue weighted by atomic mass is 16.3. The smallest absolute Gasteiger partial charge is 0.0596 e. The average Bonchev–Trinajstić information content (AvgIpc) is 2.81. The van der Waals surface area contributed by atoms with Gasteiger partial charge in [-0.25, -0.2) is 0 Å². The summed E-state index contributed by atoms with van der Waals surface area (Å²) in [5.41, 5.74) is 5.17. The number of hydrogen-bond acceptors (Lipinski definition) is 1. The molecule has 0 aliphatic heterocycles. The van der Waals surface area contributed by atoms with Crippen LogP contribution in [0.3, 0.4) is 0 Å². The predicted molar refractivity (Wildman–Crippen MR) is 95.8 cm³/mol. The Morgan fingerprint density at radius 2 is 1.87 bits per heavy atom. The number of benzene rings is 1. The zero-order valence-electron chi connectivity index (χ0n) is 15.2. The van der Waals surface area contributed by atoms with Gasteiger partial charge in [-0.2, -0.15) is 0 Å². The Bertz CT molecular complexity index is 611. The second kappa shape index (κ2) is 5.09. The second-order valence-electron chi connectivity index (χ2n) is 9.72. The maximum atomic E-state index is 10.5. The number of hydrogen-bond donors (Lipinski definition) is 1. The Morgan fingerprint density at radius 1 is 1.09 bits per heavy atom. The summed E-state index contributed by atoms with van der Waals surface area (Å²) >= 11 is 0. The van der Waals surface area contributed by atoms with Gasteiger partial charge in [0.05, 0.1) is 6.10 Å². The van der Waals surface area contributed by atoms with Crippen LogP contribution in [0.15, 0.2) is 18.2 Å². The van der Waals surface area contributed by atoms with Crippen molar-refractivity contribution in [1.29, 1.82) is 0 Å². The zero-order chi connectivity index (χ0) is 16.4. The Labute approximate surface area is 141 Å². The molecular weight excluding hydrogens is 280 g/mol. The van der Waals surface area contributed by atoms with Crippen LogP contribution in [-0.4, -0.2) is 11.2 Å². The van der Waals surface area contributed by atoms with Gasteiger partial charge in [-0.1, -0.05) is 45.9 Å². The summed E-state index contributed by atoms with van der Waals surface area (Å²) in [7, 11) is 0. The van der Waals surface area contributed by atoms with E-state index >= 15 is 0 Å². The monoisotopic (exact) mass is 312 g/mol. The van der Waals surface area contributed by atoms with E-state index in [2.05, 4.69) is 45.9 Å². The van der Waals surface area contributed by atoms with Crippen molar-refractivity contribution in [3.05, 3.63) is 34.9 Å². The average molecular weight is 312 g/mol. The zero-order valence-corrected chi connectivity index (χ0v) is 15.2. The molecule has 0 aromatic heterocycles. The van der Waals surface area contributed by atoms with Crippen molar-refractivity contribution in [2.45, 2.75) is 83.7 Å². The predicted octanol–water partition coefficient (Wildman–Crippen LogP) is 5.20. The fraction of sp³-hybridized carbons (Fsp3) is 0.727. The van der Waals surface area contributed by atoms with Gasteiger partial charge in [0.2, 0.25) is 0 Å². The minimum absolute atomic E-state index is 0.0573. The largest absolute Gasteiger partial charge is 0.393 e. The summed E-state index contributed by atoms with van der Waals surface area (Å²) in [6.07, 6.45) is 7.27. The molecule has 0 saturated heterocycles. The van der Waals surface area contributed by atoms with Gasteiger partial charge in [0, 0.05) is 0 Å². The van der Waals surface area contributed by atoms with Crippen LogP contribution in [0.25, 0.3) is 0 Å². The summed E-state index contributed by atoms with van der Waals surface area (Å²) in [6.45, 7) is 9.30. The maximum Gasteiger partial charge on any atom is 0.0596 e. The lowest BCUT2D eigenvalue weighted by atomic mass is 9.55. The van der Waals surface area contributed by atoms with E-state index in [4.69, 9.17) is 0 Å². The maximum absolute atomic E-state index is 10.5. The molecule has 3 aliphatic rings. The van der Waals surface area contributed by atoms with Gasteiger partial charge in [0.15, 0.2) is 0 Å². The van der Waals surface area contributed by atoms with Gasteiger partial charge in [0.1, 0.15) is 0 Å². The number of aliphatic hydroxyl groups excluding tert-OH is 1. The molecule has 1 N–H and O–H groups in total. The van der Waals surface area contributed by atoms with Crippen LogP contribution in [0.4, 0.5) is 0 Å². The number of aryl methyl sites for hydroxylation is 1. The first-order valence-corrected chi connectivity index (χ1v) is 9.62. The first-order chi connectivity index (χ1) is 10.8. The van der Waals surface area contributed by atoms with Gasteiger partial charge >= 0.3 is 0 Å². The van der Waals surface area contributed by atoms with E-state index in [0.29, 0.717) is 0 Å². The molecular formula is C22H32O. The van der Waals surface area contributed by atoms with Crippen molar-refractivity contribution in [2.75, 3.05) is 0 Å². The van der Waals surface area contributed by atoms with Crippen molar-refractivity contribution in [3.8, 4) is 0 Å². The van der Waals surface area contributed by atoms with Crippen LogP contribution in [-0.2, 0) is 11.8 Å². The highest BCUT2D eigenvalue weighted by molar-refractivity contribution is 5.40. The van der Waals surface area contributed by atoms with Gasteiger partial charge in [-0.15, -0.1) is 0 Å². The van der Waals surface area contributed by atoms with E-state index in [0.717, 1.165) is 24.2 Å². The normalized spacial score (nSPS) is 39.5. The van der Waals surface area contributed by atoms with E-state index in [9.17, 15) is 5.11 Å². The second-order valence-corrected chi connectivity index (χ2v) is 9.72. The number of fused-ring (bicyclic) bond motifs is 5. The summed E-state index contributed by atoms with van der Waals surface area (Å²) < 4.78 is 0. The highest BCUT2D eigenvalue weighted by Crippen LogP contribution is 2.60. The lowest BCUT2D eigenvalue weighted by molar-refractivity contribution is -0.0226.